The van der Waals surface area contributed by atoms with Crippen LogP contribution in [0.2, 0.25) is 0 Å². The number of hydrogen-bond donors (Lipinski definition) is 2. The number of fused-ring (bicyclic) bond motifs is 1. The van der Waals surface area contributed by atoms with Crippen molar-refractivity contribution in [2.24, 2.45) is 0 Å². The van der Waals surface area contributed by atoms with Crippen molar-refractivity contribution in [3.63, 3.8) is 0 Å². The van der Waals surface area contributed by atoms with Crippen molar-refractivity contribution in [3.8, 4) is 0 Å². The lowest BCUT2D eigenvalue weighted by molar-refractivity contribution is 0.0939. The maximum Gasteiger partial charge on any atom is 0.257 e. The van der Waals surface area contributed by atoms with Gasteiger partial charge in [-0.15, -0.1) is 11.3 Å². The third kappa shape index (κ3) is 2.60. The molecule has 21 heavy (non-hydrogen) atoms. The second-order valence-electron chi connectivity index (χ2n) is 4.79. The van der Waals surface area contributed by atoms with Gasteiger partial charge in [-0.05, 0) is 30.5 Å². The number of hydrogen-bond acceptors (Lipinski definition) is 3. The van der Waals surface area contributed by atoms with E-state index >= 15 is 0 Å². The summed E-state index contributed by atoms with van der Waals surface area (Å²) in [6.45, 7) is 1.90. The lowest BCUT2D eigenvalue weighted by Crippen LogP contribution is -2.30. The maximum absolute atomic E-state index is 12.4. The normalized spacial score (nSPS) is 12.2. The first-order chi connectivity index (χ1) is 10.2. The lowest BCUT2D eigenvalue weighted by Gasteiger charge is -2.12. The molecule has 2 N–H and O–H groups in total. The molecule has 0 saturated heterocycles. The summed E-state index contributed by atoms with van der Waals surface area (Å²) < 4.78 is 0. The fourth-order valence-electron chi connectivity index (χ4n) is 2.22. The number of carbonyl (C=O) groups is 1. The zero-order valence-electron chi connectivity index (χ0n) is 11.4. The number of thiophene rings is 1. The smallest absolute Gasteiger partial charge is 0.257 e. The summed E-state index contributed by atoms with van der Waals surface area (Å²) in [6.07, 6.45) is 1.47. The van der Waals surface area contributed by atoms with Crippen LogP contribution in [0.15, 0.2) is 52.8 Å². The number of benzene rings is 1. The highest BCUT2D eigenvalue weighted by Gasteiger charge is 2.16. The minimum absolute atomic E-state index is 0.122. The number of aromatic nitrogens is 1. The van der Waals surface area contributed by atoms with Crippen molar-refractivity contribution in [3.05, 3.63) is 68.6 Å². The number of amides is 1. The molecule has 5 heteroatoms. The second-order valence-corrected chi connectivity index (χ2v) is 5.77. The van der Waals surface area contributed by atoms with Crippen molar-refractivity contribution in [1.29, 1.82) is 0 Å². The van der Waals surface area contributed by atoms with Gasteiger partial charge in [-0.2, -0.15) is 0 Å². The van der Waals surface area contributed by atoms with Crippen molar-refractivity contribution in [2.75, 3.05) is 0 Å². The van der Waals surface area contributed by atoms with Gasteiger partial charge in [0.15, 0.2) is 0 Å². The van der Waals surface area contributed by atoms with Crippen LogP contribution in [0.5, 0.6) is 0 Å². The molecule has 0 spiro atoms. The van der Waals surface area contributed by atoms with Crippen LogP contribution in [0.4, 0.5) is 0 Å². The predicted molar refractivity (Wildman–Crippen MR) is 84.8 cm³/mol. The zero-order chi connectivity index (χ0) is 14.8. The van der Waals surface area contributed by atoms with Crippen molar-refractivity contribution in [2.45, 2.75) is 13.0 Å². The van der Waals surface area contributed by atoms with Gasteiger partial charge in [0.2, 0.25) is 5.43 Å². The minimum atomic E-state index is -0.358. The Labute approximate surface area is 125 Å². The van der Waals surface area contributed by atoms with Gasteiger partial charge in [-0.1, -0.05) is 18.2 Å². The number of rotatable bonds is 3. The Morgan fingerprint density at radius 3 is 2.81 bits per heavy atom. The summed E-state index contributed by atoms with van der Waals surface area (Å²) in [6, 6.07) is 10.9. The fraction of sp³-hybridized carbons (Fsp3) is 0.125. The van der Waals surface area contributed by atoms with Crippen LogP contribution < -0.4 is 10.7 Å². The molecule has 106 valence electrons. The van der Waals surface area contributed by atoms with Crippen LogP contribution in [0, 0.1) is 0 Å². The van der Waals surface area contributed by atoms with Gasteiger partial charge in [-0.25, -0.2) is 0 Å². The van der Waals surface area contributed by atoms with Crippen molar-refractivity contribution < 1.29 is 4.79 Å². The molecule has 0 bridgehead atoms. The molecule has 1 atom stereocenters. The average molecular weight is 298 g/mol. The van der Waals surface area contributed by atoms with Gasteiger partial charge in [0, 0.05) is 22.0 Å². The van der Waals surface area contributed by atoms with Crippen LogP contribution in [0.3, 0.4) is 0 Å². The van der Waals surface area contributed by atoms with E-state index in [0.29, 0.717) is 5.39 Å². The first kappa shape index (κ1) is 13.6. The van der Waals surface area contributed by atoms with Crippen molar-refractivity contribution in [1.82, 2.24) is 10.3 Å². The quantitative estimate of drug-likeness (QED) is 0.780. The molecule has 2 heterocycles. The molecule has 0 aliphatic rings. The Balaban J connectivity index is 1.92. The topological polar surface area (TPSA) is 62.0 Å². The maximum atomic E-state index is 12.4. The molecule has 1 amide bonds. The minimum Gasteiger partial charge on any atom is -0.360 e. The third-order valence-electron chi connectivity index (χ3n) is 3.35. The largest absolute Gasteiger partial charge is 0.360 e. The molecule has 1 unspecified atom stereocenters. The number of aromatic amines is 1. The number of carbonyl (C=O) groups excluding carboxylic acids is 1. The van der Waals surface area contributed by atoms with E-state index in [9.17, 15) is 9.59 Å². The summed E-state index contributed by atoms with van der Waals surface area (Å²) in [5.74, 6) is -0.358. The molecular formula is C16H14N2O2S. The highest BCUT2D eigenvalue weighted by atomic mass is 32.1. The van der Waals surface area contributed by atoms with E-state index in [2.05, 4.69) is 10.3 Å². The average Bonchev–Trinajstić information content (AvgIpc) is 3.02. The molecule has 0 radical (unpaired) electrons. The molecule has 3 rings (SSSR count). The zero-order valence-corrected chi connectivity index (χ0v) is 12.2. The number of para-hydroxylation sites is 1. The number of nitrogens with one attached hydrogen (secondary N) is 2. The Morgan fingerprint density at radius 2 is 2.05 bits per heavy atom. The van der Waals surface area contributed by atoms with Crippen LogP contribution in [0.25, 0.3) is 10.9 Å². The van der Waals surface area contributed by atoms with Gasteiger partial charge in [0.25, 0.3) is 5.91 Å². The third-order valence-corrected chi connectivity index (χ3v) is 4.41. The molecule has 2 aromatic heterocycles. The van der Waals surface area contributed by atoms with E-state index in [1.54, 1.807) is 23.5 Å². The predicted octanol–water partition coefficient (Wildman–Crippen LogP) is 3.08. The van der Waals surface area contributed by atoms with Crippen LogP contribution in [0.1, 0.15) is 28.2 Å². The van der Waals surface area contributed by atoms with Crippen LogP contribution in [-0.2, 0) is 0 Å². The second kappa shape index (κ2) is 5.54. The first-order valence-corrected chi connectivity index (χ1v) is 7.49. The first-order valence-electron chi connectivity index (χ1n) is 6.61. The Morgan fingerprint density at radius 1 is 1.24 bits per heavy atom. The summed E-state index contributed by atoms with van der Waals surface area (Å²) in [5.41, 5.74) is 0.614. The van der Waals surface area contributed by atoms with Gasteiger partial charge in [0.05, 0.1) is 6.04 Å². The Kier molecular flexibility index (Phi) is 3.58. The summed E-state index contributed by atoms with van der Waals surface area (Å²) in [4.78, 5) is 28.7. The summed E-state index contributed by atoms with van der Waals surface area (Å²) in [5, 5.41) is 5.34. The highest BCUT2D eigenvalue weighted by molar-refractivity contribution is 7.10. The SMILES string of the molecule is CC(NC(=O)c1c[nH]c2ccccc2c1=O)c1cccs1. The van der Waals surface area contributed by atoms with Crippen molar-refractivity contribution >= 4 is 28.1 Å². The van der Waals surface area contributed by atoms with Gasteiger partial charge in [-0.3, -0.25) is 9.59 Å². The van der Waals surface area contributed by atoms with Gasteiger partial charge in [0.1, 0.15) is 5.56 Å². The number of pyridine rings is 1. The van der Waals surface area contributed by atoms with E-state index in [4.69, 9.17) is 0 Å². The standard InChI is InChI=1S/C16H14N2O2S/c1-10(14-7-4-8-21-14)18-16(20)12-9-17-13-6-3-2-5-11(13)15(12)19/h2-10H,1H3,(H,17,19)(H,18,20). The molecule has 0 fully saturated rings. The Bertz CT molecular complexity index is 837. The fourth-order valence-corrected chi connectivity index (χ4v) is 2.95. The van der Waals surface area contributed by atoms with E-state index in [-0.39, 0.29) is 22.9 Å². The summed E-state index contributed by atoms with van der Waals surface area (Å²) >= 11 is 1.57. The molecule has 3 aromatic rings. The van der Waals surface area contributed by atoms with E-state index in [0.717, 1.165) is 10.4 Å². The molecule has 4 nitrogen and oxygen atoms in total. The highest BCUT2D eigenvalue weighted by Crippen LogP contribution is 2.18. The lowest BCUT2D eigenvalue weighted by atomic mass is 10.1. The van der Waals surface area contributed by atoms with E-state index in [1.165, 1.54) is 6.20 Å². The van der Waals surface area contributed by atoms with E-state index < -0.39 is 0 Å². The molecule has 0 aliphatic heterocycles. The molecule has 1 aromatic carbocycles. The van der Waals surface area contributed by atoms with Gasteiger partial charge >= 0.3 is 0 Å². The molecule has 0 aliphatic carbocycles. The van der Waals surface area contributed by atoms with Crippen LogP contribution in [-0.4, -0.2) is 10.9 Å². The molecule has 0 saturated carbocycles. The summed E-state index contributed by atoms with van der Waals surface area (Å²) in [7, 11) is 0. The monoisotopic (exact) mass is 298 g/mol. The Hall–Kier alpha value is -2.40. The number of H-pyrrole nitrogens is 1. The molecular weight excluding hydrogens is 284 g/mol. The van der Waals surface area contributed by atoms with Gasteiger partial charge < -0.3 is 10.3 Å². The van der Waals surface area contributed by atoms with Crippen LogP contribution >= 0.6 is 11.3 Å². The van der Waals surface area contributed by atoms with E-state index in [1.807, 2.05) is 36.6 Å².